The van der Waals surface area contributed by atoms with Gasteiger partial charge < -0.3 is 21.1 Å². The average Bonchev–Trinajstić information content (AvgIpc) is 3.22. The Morgan fingerprint density at radius 3 is 2.55 bits per heavy atom. The van der Waals surface area contributed by atoms with E-state index in [0.717, 1.165) is 42.4 Å². The molecule has 0 spiro atoms. The van der Waals surface area contributed by atoms with Crippen molar-refractivity contribution in [2.24, 2.45) is 5.73 Å². The summed E-state index contributed by atoms with van der Waals surface area (Å²) < 4.78 is 4.69. The van der Waals surface area contributed by atoms with E-state index in [-0.39, 0.29) is 6.61 Å². The van der Waals surface area contributed by atoms with Crippen LogP contribution in [0.25, 0.3) is 0 Å². The summed E-state index contributed by atoms with van der Waals surface area (Å²) in [5.41, 5.74) is 5.88. The van der Waals surface area contributed by atoms with E-state index in [9.17, 15) is 4.79 Å². The first-order valence-electron chi connectivity index (χ1n) is 6.90. The second-order valence-corrected chi connectivity index (χ2v) is 4.80. The molecule has 7 nitrogen and oxygen atoms in total. The summed E-state index contributed by atoms with van der Waals surface area (Å²) >= 11 is 0. The monoisotopic (exact) mass is 279 g/mol. The zero-order valence-electron chi connectivity index (χ0n) is 11.9. The van der Waals surface area contributed by atoms with Crippen molar-refractivity contribution in [1.82, 2.24) is 9.97 Å². The molecular formula is C13H21N5O2. The Labute approximate surface area is 118 Å². The molecule has 1 aliphatic rings. The van der Waals surface area contributed by atoms with Crippen LogP contribution in [0.4, 0.5) is 16.4 Å². The number of aromatic nitrogens is 2. The van der Waals surface area contributed by atoms with Crippen molar-refractivity contribution in [3.05, 3.63) is 11.4 Å². The van der Waals surface area contributed by atoms with Crippen LogP contribution < -0.4 is 16.4 Å². The Hall–Kier alpha value is -2.05. The predicted octanol–water partition coefficient (Wildman–Crippen LogP) is 1.60. The highest BCUT2D eigenvalue weighted by Gasteiger charge is 2.28. The number of amides is 1. The zero-order chi connectivity index (χ0) is 14.5. The van der Waals surface area contributed by atoms with E-state index >= 15 is 0 Å². The molecule has 1 aliphatic carbocycles. The van der Waals surface area contributed by atoms with E-state index in [1.807, 2.05) is 13.8 Å². The van der Waals surface area contributed by atoms with E-state index in [4.69, 9.17) is 5.73 Å². The van der Waals surface area contributed by atoms with Gasteiger partial charge in [0.05, 0.1) is 6.54 Å². The minimum absolute atomic E-state index is 0.216. The summed E-state index contributed by atoms with van der Waals surface area (Å²) in [4.78, 5) is 19.6. The maximum atomic E-state index is 10.5. The highest BCUT2D eigenvalue weighted by molar-refractivity contribution is 5.64. The minimum atomic E-state index is -0.766. The van der Waals surface area contributed by atoms with Crippen LogP contribution in [0.2, 0.25) is 0 Å². The molecule has 0 unspecified atom stereocenters. The maximum absolute atomic E-state index is 10.5. The van der Waals surface area contributed by atoms with Crippen LogP contribution in [0.3, 0.4) is 0 Å². The summed E-state index contributed by atoms with van der Waals surface area (Å²) in [6.07, 6.45) is 1.54. The molecule has 2 rings (SSSR count). The van der Waals surface area contributed by atoms with Crippen LogP contribution in [0.15, 0.2) is 0 Å². The molecule has 110 valence electrons. The number of hydrogen-bond donors (Lipinski definition) is 3. The van der Waals surface area contributed by atoms with Gasteiger partial charge in [0.15, 0.2) is 0 Å². The number of nitrogens with two attached hydrogens (primary N) is 1. The number of hydrogen-bond acceptors (Lipinski definition) is 6. The van der Waals surface area contributed by atoms with Gasteiger partial charge in [-0.05, 0) is 26.7 Å². The Balaban J connectivity index is 2.06. The Morgan fingerprint density at radius 1 is 1.35 bits per heavy atom. The molecule has 1 fully saturated rings. The molecule has 1 heterocycles. The van der Waals surface area contributed by atoms with Gasteiger partial charge in [-0.3, -0.25) is 0 Å². The third kappa shape index (κ3) is 3.72. The molecule has 0 aliphatic heterocycles. The van der Waals surface area contributed by atoms with Crippen LogP contribution in [0.5, 0.6) is 0 Å². The van der Waals surface area contributed by atoms with E-state index in [1.165, 1.54) is 0 Å². The number of nitrogens with one attached hydrogen (secondary N) is 2. The fourth-order valence-electron chi connectivity index (χ4n) is 1.89. The highest BCUT2D eigenvalue weighted by atomic mass is 16.5. The number of primary amides is 1. The lowest BCUT2D eigenvalue weighted by atomic mass is 10.2. The third-order valence-electron chi connectivity index (χ3n) is 3.09. The molecule has 0 bridgehead atoms. The van der Waals surface area contributed by atoms with Crippen molar-refractivity contribution in [1.29, 1.82) is 0 Å². The van der Waals surface area contributed by atoms with Crippen LogP contribution in [-0.2, 0) is 4.74 Å². The summed E-state index contributed by atoms with van der Waals surface area (Å²) in [7, 11) is 0. The first-order chi connectivity index (χ1) is 9.61. The zero-order valence-corrected chi connectivity index (χ0v) is 11.9. The molecule has 1 amide bonds. The second-order valence-electron chi connectivity index (χ2n) is 4.80. The molecule has 20 heavy (non-hydrogen) atoms. The number of rotatable bonds is 7. The quantitative estimate of drug-likeness (QED) is 0.655. The second kappa shape index (κ2) is 6.40. The van der Waals surface area contributed by atoms with E-state index in [0.29, 0.717) is 12.5 Å². The Bertz CT molecular complexity index is 488. The van der Waals surface area contributed by atoms with Gasteiger partial charge in [0.2, 0.25) is 0 Å². The Kier molecular flexibility index (Phi) is 4.60. The molecule has 0 aromatic carbocycles. The molecule has 1 aromatic rings. The lowest BCUT2D eigenvalue weighted by Crippen LogP contribution is -2.19. The minimum Gasteiger partial charge on any atom is -0.448 e. The topological polar surface area (TPSA) is 102 Å². The number of nitrogens with zero attached hydrogens (tertiary/aromatic N) is 2. The number of carbonyl (C=O) groups excluding carboxylic acids is 1. The van der Waals surface area contributed by atoms with Gasteiger partial charge >= 0.3 is 6.09 Å². The number of carbonyl (C=O) groups is 1. The smallest absolute Gasteiger partial charge is 0.404 e. The fraction of sp³-hybridized carbons (Fsp3) is 0.615. The van der Waals surface area contributed by atoms with Gasteiger partial charge in [-0.2, -0.15) is 0 Å². The van der Waals surface area contributed by atoms with Gasteiger partial charge in [0, 0.05) is 18.0 Å². The predicted molar refractivity (Wildman–Crippen MR) is 76.9 cm³/mol. The molecular weight excluding hydrogens is 258 g/mol. The maximum Gasteiger partial charge on any atom is 0.404 e. The third-order valence-corrected chi connectivity index (χ3v) is 3.09. The number of ether oxygens (including phenoxy) is 1. The highest BCUT2D eigenvalue weighted by Crippen LogP contribution is 2.39. The molecule has 0 radical (unpaired) electrons. The molecule has 1 aromatic heterocycles. The normalized spacial score (nSPS) is 13.9. The first-order valence-corrected chi connectivity index (χ1v) is 6.90. The van der Waals surface area contributed by atoms with Crippen LogP contribution in [0.1, 0.15) is 37.1 Å². The van der Waals surface area contributed by atoms with E-state index < -0.39 is 6.09 Å². The molecule has 0 atom stereocenters. The van der Waals surface area contributed by atoms with Crippen molar-refractivity contribution in [2.75, 3.05) is 30.3 Å². The van der Waals surface area contributed by atoms with Crippen molar-refractivity contribution >= 4 is 17.7 Å². The van der Waals surface area contributed by atoms with Gasteiger partial charge in [-0.15, -0.1) is 0 Å². The summed E-state index contributed by atoms with van der Waals surface area (Å²) in [6.45, 7) is 5.49. The van der Waals surface area contributed by atoms with Gasteiger partial charge in [-0.25, -0.2) is 14.8 Å². The van der Waals surface area contributed by atoms with Crippen LogP contribution >= 0.6 is 0 Å². The van der Waals surface area contributed by atoms with Crippen molar-refractivity contribution in [3.8, 4) is 0 Å². The van der Waals surface area contributed by atoms with Crippen molar-refractivity contribution in [2.45, 2.75) is 32.6 Å². The van der Waals surface area contributed by atoms with Crippen LogP contribution in [-0.4, -0.2) is 35.8 Å². The van der Waals surface area contributed by atoms with Crippen molar-refractivity contribution in [3.63, 3.8) is 0 Å². The van der Waals surface area contributed by atoms with Crippen LogP contribution in [0, 0.1) is 6.92 Å². The molecule has 0 saturated heterocycles. The molecule has 4 N–H and O–H groups in total. The van der Waals surface area contributed by atoms with E-state index in [2.05, 4.69) is 25.3 Å². The Morgan fingerprint density at radius 2 is 2.00 bits per heavy atom. The molecule has 1 saturated carbocycles. The van der Waals surface area contributed by atoms with E-state index in [1.54, 1.807) is 0 Å². The lowest BCUT2D eigenvalue weighted by molar-refractivity contribution is 0.161. The fourth-order valence-corrected chi connectivity index (χ4v) is 1.89. The van der Waals surface area contributed by atoms with Crippen molar-refractivity contribution < 1.29 is 9.53 Å². The first kappa shape index (κ1) is 14.4. The van der Waals surface area contributed by atoms with Gasteiger partial charge in [0.25, 0.3) is 0 Å². The van der Waals surface area contributed by atoms with Gasteiger partial charge in [-0.1, -0.05) is 0 Å². The average molecular weight is 279 g/mol. The standard InChI is InChI=1S/C13H21N5O2/c1-3-15-10-8(2)11(16-6-7-20-13(14)19)18-12(17-10)9-4-5-9/h9H,3-7H2,1-2H3,(H2,14,19)(H2,15,16,17,18). The summed E-state index contributed by atoms with van der Waals surface area (Å²) in [5, 5.41) is 6.42. The summed E-state index contributed by atoms with van der Waals surface area (Å²) in [6, 6.07) is 0. The lowest BCUT2D eigenvalue weighted by Gasteiger charge is -2.14. The largest absolute Gasteiger partial charge is 0.448 e. The number of anilines is 2. The van der Waals surface area contributed by atoms with Gasteiger partial charge in [0.1, 0.15) is 24.1 Å². The molecule has 7 heteroatoms. The SMILES string of the molecule is CCNc1nc(C2CC2)nc(NCCOC(N)=O)c1C. The summed E-state index contributed by atoms with van der Waals surface area (Å²) in [5.74, 6) is 3.01.